The number of ether oxygens (including phenoxy) is 4. The lowest BCUT2D eigenvalue weighted by atomic mass is 9.55. The molecule has 0 aromatic carbocycles. The van der Waals surface area contributed by atoms with Crippen LogP contribution in [0.2, 0.25) is 0 Å². The molecule has 1 heterocycles. The van der Waals surface area contributed by atoms with Gasteiger partial charge in [-0.1, -0.05) is 24.6 Å². The average molecular weight is 493 g/mol. The maximum atomic E-state index is 12.7. The third-order valence-corrected chi connectivity index (χ3v) is 7.88. The molecule has 0 amide bonds. The van der Waals surface area contributed by atoms with Gasteiger partial charge in [-0.2, -0.15) is 0 Å². The molecule has 2 fully saturated rings. The second-order valence-corrected chi connectivity index (χ2v) is 10.3. The Bertz CT molecular complexity index is 952. The van der Waals surface area contributed by atoms with Crippen LogP contribution in [0.15, 0.2) is 23.8 Å². The van der Waals surface area contributed by atoms with Crippen LogP contribution in [-0.4, -0.2) is 59.0 Å². The standard InChI is InChI=1S/C26H36O9/c1-13-8-10-19(32-16(4)27)25(7)20(33-17(5)28)11-9-14(2)22(25)23(34-18(6)29)26(31)15(3)24(30)35-21(26)12-13/h12,15,19-23,31H,2,8-11H2,1,3-7H3/b13-12-/t15-,19-,20+,21+,22-,23-,25+,26+/m1/s1. The predicted molar refractivity (Wildman–Crippen MR) is 124 cm³/mol. The summed E-state index contributed by atoms with van der Waals surface area (Å²) < 4.78 is 23.0. The number of allylic oxidation sites excluding steroid dienone is 1. The zero-order valence-electron chi connectivity index (χ0n) is 21.3. The molecule has 8 atom stereocenters. The molecule has 35 heavy (non-hydrogen) atoms. The molecule has 194 valence electrons. The van der Waals surface area contributed by atoms with Gasteiger partial charge in [0.2, 0.25) is 0 Å². The van der Waals surface area contributed by atoms with Crippen LogP contribution in [0, 0.1) is 17.3 Å². The zero-order chi connectivity index (χ0) is 26.3. The summed E-state index contributed by atoms with van der Waals surface area (Å²) in [7, 11) is 0. The highest BCUT2D eigenvalue weighted by atomic mass is 16.6. The van der Waals surface area contributed by atoms with E-state index in [9.17, 15) is 24.3 Å². The monoisotopic (exact) mass is 492 g/mol. The number of carbonyl (C=O) groups is 4. The van der Waals surface area contributed by atoms with Crippen LogP contribution >= 0.6 is 0 Å². The fourth-order valence-electron chi connectivity index (χ4n) is 6.10. The Morgan fingerprint density at radius 2 is 1.54 bits per heavy atom. The first-order chi connectivity index (χ1) is 16.2. The minimum Gasteiger partial charge on any atom is -0.462 e. The number of esters is 4. The summed E-state index contributed by atoms with van der Waals surface area (Å²) in [5.41, 5.74) is -1.63. The highest BCUT2D eigenvalue weighted by Gasteiger charge is 2.67. The zero-order valence-corrected chi connectivity index (χ0v) is 21.3. The minimum atomic E-state index is -1.94. The van der Waals surface area contributed by atoms with E-state index < -0.39 is 71.1 Å². The SMILES string of the molecule is C=C1CC[C@H](OC(C)=O)[C@@]2(C)[C@H]1[C@@H](OC(C)=O)[C@@]1(O)[C@H](/C=C(/C)CC[C@H]2OC(C)=O)OC(=O)[C@H]1C. The number of carbonyl (C=O) groups excluding carboxylic acids is 4. The number of rotatable bonds is 3. The van der Waals surface area contributed by atoms with E-state index in [1.807, 2.05) is 6.92 Å². The molecule has 0 spiro atoms. The Kier molecular flexibility index (Phi) is 7.50. The smallest absolute Gasteiger partial charge is 0.312 e. The van der Waals surface area contributed by atoms with Crippen LogP contribution in [0.5, 0.6) is 0 Å². The summed E-state index contributed by atoms with van der Waals surface area (Å²) in [6.45, 7) is 13.2. The predicted octanol–water partition coefficient (Wildman–Crippen LogP) is 2.79. The van der Waals surface area contributed by atoms with Gasteiger partial charge in [0.1, 0.15) is 18.3 Å². The van der Waals surface area contributed by atoms with Crippen molar-refractivity contribution in [2.24, 2.45) is 17.3 Å². The molecular formula is C26H36O9. The van der Waals surface area contributed by atoms with E-state index in [-0.39, 0.29) is 0 Å². The molecule has 9 nitrogen and oxygen atoms in total. The lowest BCUT2D eigenvalue weighted by Gasteiger charge is -2.55. The van der Waals surface area contributed by atoms with Crippen LogP contribution in [0.1, 0.15) is 67.2 Å². The second-order valence-electron chi connectivity index (χ2n) is 10.3. The molecule has 1 aliphatic heterocycles. The van der Waals surface area contributed by atoms with Gasteiger partial charge >= 0.3 is 23.9 Å². The van der Waals surface area contributed by atoms with Crippen molar-refractivity contribution < 1.29 is 43.2 Å². The van der Waals surface area contributed by atoms with Crippen molar-refractivity contribution in [1.82, 2.24) is 0 Å². The van der Waals surface area contributed by atoms with Gasteiger partial charge < -0.3 is 24.1 Å². The van der Waals surface area contributed by atoms with Gasteiger partial charge in [-0.05, 0) is 45.6 Å². The molecule has 1 N–H and O–H groups in total. The molecule has 0 aromatic rings. The quantitative estimate of drug-likeness (QED) is 0.359. The minimum absolute atomic E-state index is 0.376. The number of hydrogen-bond donors (Lipinski definition) is 1. The Hall–Kier alpha value is -2.68. The van der Waals surface area contributed by atoms with E-state index in [1.54, 1.807) is 13.0 Å². The number of aliphatic hydroxyl groups is 1. The van der Waals surface area contributed by atoms with E-state index in [0.717, 1.165) is 5.57 Å². The van der Waals surface area contributed by atoms with E-state index in [0.29, 0.717) is 31.3 Å². The van der Waals surface area contributed by atoms with Gasteiger partial charge in [0, 0.05) is 26.7 Å². The molecule has 1 saturated carbocycles. The van der Waals surface area contributed by atoms with Crippen molar-refractivity contribution in [2.45, 2.75) is 97.2 Å². The summed E-state index contributed by atoms with van der Waals surface area (Å²) in [4.78, 5) is 49.4. The lowest BCUT2D eigenvalue weighted by molar-refractivity contribution is -0.219. The summed E-state index contributed by atoms with van der Waals surface area (Å²) in [6, 6.07) is 0. The van der Waals surface area contributed by atoms with Crippen molar-refractivity contribution in [2.75, 3.05) is 0 Å². The largest absolute Gasteiger partial charge is 0.462 e. The molecule has 3 aliphatic rings. The van der Waals surface area contributed by atoms with Crippen LogP contribution in [-0.2, 0) is 38.1 Å². The first kappa shape index (κ1) is 26.9. The Morgan fingerprint density at radius 1 is 1.03 bits per heavy atom. The van der Waals surface area contributed by atoms with E-state index in [1.165, 1.54) is 27.7 Å². The molecule has 0 aromatic heterocycles. The summed E-state index contributed by atoms with van der Waals surface area (Å²) in [5, 5.41) is 12.2. The second kappa shape index (κ2) is 9.76. The topological polar surface area (TPSA) is 125 Å². The van der Waals surface area contributed by atoms with Gasteiger partial charge in [0.15, 0.2) is 11.7 Å². The van der Waals surface area contributed by atoms with Gasteiger partial charge in [-0.3, -0.25) is 19.2 Å². The number of hydrogen-bond acceptors (Lipinski definition) is 9. The first-order valence-electron chi connectivity index (χ1n) is 12.0. The fourth-order valence-corrected chi connectivity index (χ4v) is 6.10. The first-order valence-corrected chi connectivity index (χ1v) is 12.0. The van der Waals surface area contributed by atoms with Gasteiger partial charge in [0.05, 0.1) is 11.3 Å². The molecular weight excluding hydrogens is 456 g/mol. The van der Waals surface area contributed by atoms with Gasteiger partial charge in [-0.25, -0.2) is 0 Å². The summed E-state index contributed by atoms with van der Waals surface area (Å²) in [5.74, 6) is -4.15. The van der Waals surface area contributed by atoms with Crippen molar-refractivity contribution in [3.63, 3.8) is 0 Å². The van der Waals surface area contributed by atoms with Crippen LogP contribution in [0.4, 0.5) is 0 Å². The highest BCUT2D eigenvalue weighted by molar-refractivity contribution is 5.77. The normalized spacial score (nSPS) is 40.8. The molecule has 0 bridgehead atoms. The van der Waals surface area contributed by atoms with Crippen molar-refractivity contribution >= 4 is 23.9 Å². The van der Waals surface area contributed by atoms with Crippen LogP contribution < -0.4 is 0 Å². The molecule has 1 saturated heterocycles. The van der Waals surface area contributed by atoms with E-state index >= 15 is 0 Å². The van der Waals surface area contributed by atoms with E-state index in [4.69, 9.17) is 18.9 Å². The van der Waals surface area contributed by atoms with Gasteiger partial charge in [0.25, 0.3) is 0 Å². The Labute approximate surface area is 205 Å². The number of fused-ring (bicyclic) bond motifs is 2. The van der Waals surface area contributed by atoms with Crippen LogP contribution in [0.25, 0.3) is 0 Å². The molecule has 3 rings (SSSR count). The maximum Gasteiger partial charge on any atom is 0.312 e. The van der Waals surface area contributed by atoms with Gasteiger partial charge in [-0.15, -0.1) is 0 Å². The third kappa shape index (κ3) is 4.75. The Balaban J connectivity index is 2.33. The molecule has 2 aliphatic carbocycles. The molecule has 9 heteroatoms. The summed E-state index contributed by atoms with van der Waals surface area (Å²) >= 11 is 0. The Morgan fingerprint density at radius 3 is 2.06 bits per heavy atom. The highest BCUT2D eigenvalue weighted by Crippen LogP contribution is 2.56. The molecule has 0 unspecified atom stereocenters. The molecule has 0 radical (unpaired) electrons. The third-order valence-electron chi connectivity index (χ3n) is 7.88. The van der Waals surface area contributed by atoms with Crippen LogP contribution in [0.3, 0.4) is 0 Å². The van der Waals surface area contributed by atoms with Crippen molar-refractivity contribution in [3.8, 4) is 0 Å². The summed E-state index contributed by atoms with van der Waals surface area (Å²) in [6.07, 6.45) is -0.497. The van der Waals surface area contributed by atoms with Crippen molar-refractivity contribution in [1.29, 1.82) is 0 Å². The fraction of sp³-hybridized carbons (Fsp3) is 0.692. The lowest BCUT2D eigenvalue weighted by Crippen LogP contribution is -2.65. The maximum absolute atomic E-state index is 12.7. The van der Waals surface area contributed by atoms with Crippen molar-refractivity contribution in [3.05, 3.63) is 23.8 Å². The average Bonchev–Trinajstić information content (AvgIpc) is 2.95. The van der Waals surface area contributed by atoms with E-state index in [2.05, 4.69) is 6.58 Å².